The molecule has 2 rings (SSSR count). The van der Waals surface area contributed by atoms with Crippen molar-refractivity contribution in [2.24, 2.45) is 0 Å². The molecule has 0 spiro atoms. The predicted octanol–water partition coefficient (Wildman–Crippen LogP) is -1.15. The van der Waals surface area contributed by atoms with Gasteiger partial charge in [-0.05, 0) is 17.0 Å². The molecule has 0 unspecified atom stereocenters. The van der Waals surface area contributed by atoms with E-state index in [0.29, 0.717) is 0 Å². The van der Waals surface area contributed by atoms with Crippen molar-refractivity contribution < 1.29 is 31.3 Å². The summed E-state index contributed by atoms with van der Waals surface area (Å²) in [4.78, 5) is 29.1. The van der Waals surface area contributed by atoms with Crippen LogP contribution in [0.15, 0.2) is 34.1 Å². The number of rotatable bonds is 4. The standard InChI is InChI=1S/C12H15N3O7S2/c1-23(18,19)9-4-2-3-5-10(9)24(20,21)14-22-12(17)15-7-6-13-11(16)8-15/h2-5,14H,6-8H2,1H3,(H,13,16). The fraction of sp³-hybridized carbons (Fsp3) is 0.333. The normalized spacial score (nSPS) is 15.7. The maximum absolute atomic E-state index is 12.2. The van der Waals surface area contributed by atoms with Crippen LogP contribution >= 0.6 is 0 Å². The average Bonchev–Trinajstić information content (AvgIpc) is 2.52. The van der Waals surface area contributed by atoms with E-state index < -0.39 is 41.7 Å². The molecule has 10 nitrogen and oxygen atoms in total. The van der Waals surface area contributed by atoms with Crippen LogP contribution in [0.25, 0.3) is 0 Å². The first-order valence-corrected chi connectivity index (χ1v) is 10.0. The minimum Gasteiger partial charge on any atom is -0.353 e. The summed E-state index contributed by atoms with van der Waals surface area (Å²) >= 11 is 0. The number of benzene rings is 1. The van der Waals surface area contributed by atoms with E-state index in [2.05, 4.69) is 10.2 Å². The number of carbonyl (C=O) groups excluding carboxylic acids is 2. The van der Waals surface area contributed by atoms with Crippen molar-refractivity contribution in [1.29, 1.82) is 0 Å². The third-order valence-corrected chi connectivity index (χ3v) is 5.60. The second-order valence-corrected chi connectivity index (χ2v) is 8.54. The molecule has 2 N–H and O–H groups in total. The largest absolute Gasteiger partial charge is 0.430 e. The van der Waals surface area contributed by atoms with Gasteiger partial charge in [0.15, 0.2) is 9.84 Å². The van der Waals surface area contributed by atoms with Gasteiger partial charge in [-0.15, -0.1) is 0 Å². The monoisotopic (exact) mass is 377 g/mol. The highest BCUT2D eigenvalue weighted by molar-refractivity contribution is 7.93. The van der Waals surface area contributed by atoms with Gasteiger partial charge in [0.1, 0.15) is 11.4 Å². The van der Waals surface area contributed by atoms with Crippen LogP contribution in [0.4, 0.5) is 4.79 Å². The molecule has 1 aromatic carbocycles. The predicted molar refractivity (Wildman–Crippen MR) is 80.9 cm³/mol. The van der Waals surface area contributed by atoms with E-state index >= 15 is 0 Å². The van der Waals surface area contributed by atoms with Crippen LogP contribution in [0.5, 0.6) is 0 Å². The van der Waals surface area contributed by atoms with Gasteiger partial charge in [-0.3, -0.25) is 9.69 Å². The van der Waals surface area contributed by atoms with Crippen LogP contribution in [0.3, 0.4) is 0 Å². The highest BCUT2D eigenvalue weighted by Gasteiger charge is 2.27. The first-order chi connectivity index (χ1) is 11.1. The average molecular weight is 377 g/mol. The lowest BCUT2D eigenvalue weighted by atomic mass is 10.4. The Morgan fingerprint density at radius 3 is 2.42 bits per heavy atom. The Kier molecular flexibility index (Phi) is 5.11. The van der Waals surface area contributed by atoms with Crippen molar-refractivity contribution in [2.45, 2.75) is 9.79 Å². The van der Waals surface area contributed by atoms with Crippen molar-refractivity contribution in [2.75, 3.05) is 25.9 Å². The summed E-state index contributed by atoms with van der Waals surface area (Å²) < 4.78 is 47.7. The van der Waals surface area contributed by atoms with E-state index in [9.17, 15) is 26.4 Å². The van der Waals surface area contributed by atoms with E-state index in [0.717, 1.165) is 23.3 Å². The molecule has 1 fully saturated rings. The SMILES string of the molecule is CS(=O)(=O)c1ccccc1S(=O)(=O)NOC(=O)N1CCNC(=O)C1. The minimum atomic E-state index is -4.42. The summed E-state index contributed by atoms with van der Waals surface area (Å²) in [7, 11) is -8.23. The minimum absolute atomic E-state index is 0.159. The van der Waals surface area contributed by atoms with E-state index in [4.69, 9.17) is 0 Å². The van der Waals surface area contributed by atoms with Gasteiger partial charge in [-0.25, -0.2) is 21.6 Å². The number of nitrogens with zero attached hydrogens (tertiary/aromatic N) is 1. The zero-order valence-corrected chi connectivity index (χ0v) is 14.2. The van der Waals surface area contributed by atoms with Gasteiger partial charge in [0.05, 0.1) is 4.90 Å². The second-order valence-electron chi connectivity index (χ2n) is 4.95. The van der Waals surface area contributed by atoms with E-state index in [1.807, 2.05) is 0 Å². The lowest BCUT2D eigenvalue weighted by Gasteiger charge is -2.25. The Morgan fingerprint density at radius 2 is 1.83 bits per heavy atom. The smallest absolute Gasteiger partial charge is 0.353 e. The maximum Gasteiger partial charge on any atom is 0.430 e. The molecule has 132 valence electrons. The molecule has 1 heterocycles. The number of sulfonamides is 1. The molecular formula is C12H15N3O7S2. The summed E-state index contributed by atoms with van der Waals surface area (Å²) in [5.41, 5.74) is 0. The third kappa shape index (κ3) is 4.21. The maximum atomic E-state index is 12.2. The molecule has 0 radical (unpaired) electrons. The summed E-state index contributed by atoms with van der Waals surface area (Å²) in [5.74, 6) is -0.400. The molecule has 0 aliphatic carbocycles. The van der Waals surface area contributed by atoms with Crippen LogP contribution in [-0.2, 0) is 29.5 Å². The first kappa shape index (κ1) is 18.2. The molecular weight excluding hydrogens is 362 g/mol. The van der Waals surface area contributed by atoms with Crippen molar-refractivity contribution in [1.82, 2.24) is 15.1 Å². The number of hydrogen-bond acceptors (Lipinski definition) is 7. The Bertz CT molecular complexity index is 864. The van der Waals surface area contributed by atoms with E-state index in [1.165, 1.54) is 12.1 Å². The van der Waals surface area contributed by atoms with Gasteiger partial charge in [-0.1, -0.05) is 12.1 Å². The number of nitrogens with one attached hydrogen (secondary N) is 2. The van der Waals surface area contributed by atoms with Crippen molar-refractivity contribution in [3.05, 3.63) is 24.3 Å². The number of amides is 2. The molecule has 2 amide bonds. The molecule has 1 aliphatic heterocycles. The Hall–Kier alpha value is -2.18. The number of sulfone groups is 1. The molecule has 12 heteroatoms. The number of carbonyl (C=O) groups is 2. The van der Waals surface area contributed by atoms with Crippen molar-refractivity contribution in [3.63, 3.8) is 0 Å². The summed E-state index contributed by atoms with van der Waals surface area (Å²) in [6, 6.07) is 4.90. The third-order valence-electron chi connectivity index (χ3n) is 3.07. The molecule has 0 saturated carbocycles. The van der Waals surface area contributed by atoms with Gasteiger partial charge >= 0.3 is 6.09 Å². The van der Waals surface area contributed by atoms with E-state index in [-0.39, 0.29) is 19.6 Å². The topological polar surface area (TPSA) is 139 Å². The summed E-state index contributed by atoms with van der Waals surface area (Å²) in [5, 5.41) is 2.50. The molecule has 24 heavy (non-hydrogen) atoms. The van der Waals surface area contributed by atoms with Crippen LogP contribution in [-0.4, -0.2) is 59.6 Å². The van der Waals surface area contributed by atoms with E-state index in [1.54, 1.807) is 4.89 Å². The lowest BCUT2D eigenvalue weighted by molar-refractivity contribution is -0.123. The molecule has 0 bridgehead atoms. The van der Waals surface area contributed by atoms with Gasteiger partial charge in [0, 0.05) is 19.3 Å². The van der Waals surface area contributed by atoms with Crippen LogP contribution in [0.2, 0.25) is 0 Å². The lowest BCUT2D eigenvalue weighted by Crippen LogP contribution is -2.51. The highest BCUT2D eigenvalue weighted by atomic mass is 32.2. The Balaban J connectivity index is 2.15. The van der Waals surface area contributed by atoms with Crippen molar-refractivity contribution >= 4 is 31.9 Å². The zero-order chi connectivity index (χ0) is 18.0. The Labute approximate surface area is 138 Å². The summed E-state index contributed by atoms with van der Waals surface area (Å²) in [6.07, 6.45) is -0.204. The molecule has 0 aromatic heterocycles. The molecule has 0 atom stereocenters. The van der Waals surface area contributed by atoms with Gasteiger partial charge in [-0.2, -0.15) is 0 Å². The number of hydrogen-bond donors (Lipinski definition) is 2. The van der Waals surface area contributed by atoms with Gasteiger partial charge in [0.25, 0.3) is 10.0 Å². The molecule has 1 aliphatic rings. The fourth-order valence-electron chi connectivity index (χ4n) is 1.97. The highest BCUT2D eigenvalue weighted by Crippen LogP contribution is 2.20. The first-order valence-electron chi connectivity index (χ1n) is 6.64. The van der Waals surface area contributed by atoms with Crippen LogP contribution in [0.1, 0.15) is 0 Å². The quantitative estimate of drug-likeness (QED) is 0.632. The molecule has 1 aromatic rings. The van der Waals surface area contributed by atoms with Crippen LogP contribution < -0.4 is 10.2 Å². The fourth-order valence-corrected chi connectivity index (χ4v) is 4.38. The van der Waals surface area contributed by atoms with Gasteiger partial charge in [0.2, 0.25) is 5.91 Å². The number of piperazine rings is 1. The Morgan fingerprint density at radius 1 is 1.21 bits per heavy atom. The second kappa shape index (κ2) is 6.75. The molecule has 1 saturated heterocycles. The summed E-state index contributed by atoms with van der Waals surface area (Å²) in [6.45, 7) is 0.115. The van der Waals surface area contributed by atoms with Crippen molar-refractivity contribution in [3.8, 4) is 0 Å². The van der Waals surface area contributed by atoms with Gasteiger partial charge < -0.3 is 10.2 Å². The van der Waals surface area contributed by atoms with Crippen LogP contribution in [0, 0.1) is 0 Å². The zero-order valence-electron chi connectivity index (χ0n) is 12.6.